The summed E-state index contributed by atoms with van der Waals surface area (Å²) < 4.78 is 4.86. The maximum atomic E-state index is 5.32. The van der Waals surface area contributed by atoms with Crippen LogP contribution in [-0.4, -0.2) is 14.5 Å². The lowest BCUT2D eigenvalue weighted by Crippen LogP contribution is -1.98. The normalized spacial score (nSPS) is 11.8. The van der Waals surface area contributed by atoms with Gasteiger partial charge >= 0.3 is 0 Å². The monoisotopic (exact) mass is 553 g/mol. The minimum atomic E-state index is 0.728. The average Bonchev–Trinajstić information content (AvgIpc) is 3.61. The molecule has 0 N–H and O–H groups in total. The highest BCUT2D eigenvalue weighted by molar-refractivity contribution is 7.26. The van der Waals surface area contributed by atoms with Crippen LogP contribution in [0.15, 0.2) is 140 Å². The van der Waals surface area contributed by atoms with Gasteiger partial charge in [-0.25, -0.2) is 9.97 Å². The SMILES string of the molecule is c1ccc(-c2nc(-c3cccc(-n4c5ccccc5c5ccccc54)c3)nc3c2ccc2sc4ccccc4c23)cc1. The van der Waals surface area contributed by atoms with E-state index in [1.54, 1.807) is 0 Å². The maximum Gasteiger partial charge on any atom is 0.160 e. The van der Waals surface area contributed by atoms with E-state index in [0.29, 0.717) is 0 Å². The van der Waals surface area contributed by atoms with Crippen LogP contribution >= 0.6 is 11.3 Å². The molecule has 3 aromatic heterocycles. The van der Waals surface area contributed by atoms with Crippen molar-refractivity contribution >= 4 is 64.2 Å². The van der Waals surface area contributed by atoms with Crippen molar-refractivity contribution in [2.24, 2.45) is 0 Å². The number of para-hydroxylation sites is 2. The summed E-state index contributed by atoms with van der Waals surface area (Å²) in [6, 6.07) is 49.4. The first kappa shape index (κ1) is 23.4. The summed E-state index contributed by atoms with van der Waals surface area (Å²) in [4.78, 5) is 10.6. The third-order valence-corrected chi connectivity index (χ3v) is 9.33. The number of rotatable bonds is 3. The van der Waals surface area contributed by atoms with Gasteiger partial charge in [0.25, 0.3) is 0 Å². The summed E-state index contributed by atoms with van der Waals surface area (Å²) in [6.45, 7) is 0. The molecule has 3 nitrogen and oxygen atoms in total. The first-order valence-electron chi connectivity index (χ1n) is 14.1. The van der Waals surface area contributed by atoms with E-state index in [9.17, 15) is 0 Å². The van der Waals surface area contributed by atoms with Crippen LogP contribution in [0.1, 0.15) is 0 Å². The number of fused-ring (bicyclic) bond motifs is 8. The second-order valence-corrected chi connectivity index (χ2v) is 11.7. The molecule has 196 valence electrons. The lowest BCUT2D eigenvalue weighted by atomic mass is 10.0. The molecule has 0 spiro atoms. The van der Waals surface area contributed by atoms with E-state index in [0.717, 1.165) is 39.2 Å². The molecule has 0 saturated heterocycles. The Hall–Kier alpha value is -5.32. The second-order valence-electron chi connectivity index (χ2n) is 10.6. The number of benzene rings is 6. The van der Waals surface area contributed by atoms with Gasteiger partial charge in [0.2, 0.25) is 0 Å². The van der Waals surface area contributed by atoms with Gasteiger partial charge in [0.1, 0.15) is 0 Å². The number of aromatic nitrogens is 3. The molecule has 9 rings (SSSR count). The Morgan fingerprint density at radius 3 is 1.93 bits per heavy atom. The van der Waals surface area contributed by atoms with E-state index in [1.807, 2.05) is 17.4 Å². The molecule has 0 fully saturated rings. The third kappa shape index (κ3) is 3.46. The van der Waals surface area contributed by atoms with E-state index in [4.69, 9.17) is 9.97 Å². The fraction of sp³-hybridized carbons (Fsp3) is 0. The topological polar surface area (TPSA) is 30.7 Å². The van der Waals surface area contributed by atoms with Gasteiger partial charge in [-0.15, -0.1) is 11.3 Å². The largest absolute Gasteiger partial charge is 0.309 e. The van der Waals surface area contributed by atoms with Crippen LogP contribution in [0, 0.1) is 0 Å². The molecule has 9 aromatic rings. The van der Waals surface area contributed by atoms with Gasteiger partial charge in [-0.1, -0.05) is 97.1 Å². The number of hydrogen-bond donors (Lipinski definition) is 0. The molecular formula is C38H23N3S. The fourth-order valence-electron chi connectivity index (χ4n) is 6.33. The Kier molecular flexibility index (Phi) is 5.07. The minimum Gasteiger partial charge on any atom is -0.309 e. The summed E-state index contributed by atoms with van der Waals surface area (Å²) in [5.74, 6) is 0.728. The molecule has 0 aliphatic rings. The van der Waals surface area contributed by atoms with Crippen LogP contribution in [0.5, 0.6) is 0 Å². The van der Waals surface area contributed by atoms with Crippen LogP contribution in [0.2, 0.25) is 0 Å². The van der Waals surface area contributed by atoms with Gasteiger partial charge in [0.15, 0.2) is 5.82 Å². The van der Waals surface area contributed by atoms with Crippen LogP contribution in [0.25, 0.3) is 81.2 Å². The summed E-state index contributed by atoms with van der Waals surface area (Å²) in [7, 11) is 0. The zero-order valence-corrected chi connectivity index (χ0v) is 23.3. The first-order chi connectivity index (χ1) is 20.8. The Labute approximate surface area is 246 Å². The highest BCUT2D eigenvalue weighted by atomic mass is 32.1. The molecule has 6 aromatic carbocycles. The van der Waals surface area contributed by atoms with Crippen molar-refractivity contribution in [3.8, 4) is 28.3 Å². The summed E-state index contributed by atoms with van der Waals surface area (Å²) in [6.07, 6.45) is 0. The Bertz CT molecular complexity index is 2420. The highest BCUT2D eigenvalue weighted by Crippen LogP contribution is 2.41. The molecule has 4 heteroatoms. The van der Waals surface area contributed by atoms with E-state index >= 15 is 0 Å². The van der Waals surface area contributed by atoms with Crippen molar-refractivity contribution < 1.29 is 0 Å². The van der Waals surface area contributed by atoms with Gasteiger partial charge in [0.05, 0.1) is 22.2 Å². The predicted molar refractivity (Wildman–Crippen MR) is 178 cm³/mol. The number of nitrogens with zero attached hydrogens (tertiary/aromatic N) is 3. The number of hydrogen-bond acceptors (Lipinski definition) is 3. The second kappa shape index (κ2) is 9.10. The molecule has 0 atom stereocenters. The van der Waals surface area contributed by atoms with Gasteiger partial charge < -0.3 is 4.57 Å². The summed E-state index contributed by atoms with van der Waals surface area (Å²) in [5, 5.41) is 6.01. The highest BCUT2D eigenvalue weighted by Gasteiger charge is 2.18. The van der Waals surface area contributed by atoms with Gasteiger partial charge in [-0.05, 0) is 42.5 Å². The zero-order chi connectivity index (χ0) is 27.6. The van der Waals surface area contributed by atoms with Crippen LogP contribution in [0.4, 0.5) is 0 Å². The standard InChI is InChI=1S/C38H23N3S/c1-2-11-24(12-3-1)36-30-21-22-34-35(29-17-6-9-20-33(29)42-34)37(30)40-38(39-36)25-13-10-14-26(23-25)41-31-18-7-4-15-27(31)28-16-5-8-19-32(28)41/h1-23H. The molecule has 0 unspecified atom stereocenters. The Balaban J connectivity index is 1.34. The van der Waals surface area contributed by atoms with E-state index in [-0.39, 0.29) is 0 Å². The summed E-state index contributed by atoms with van der Waals surface area (Å²) >= 11 is 1.82. The molecule has 42 heavy (non-hydrogen) atoms. The average molecular weight is 554 g/mol. The molecule has 0 aliphatic heterocycles. The molecule has 0 amide bonds. The van der Waals surface area contributed by atoms with E-state index < -0.39 is 0 Å². The van der Waals surface area contributed by atoms with Gasteiger partial charge in [0, 0.05) is 53.1 Å². The lowest BCUT2D eigenvalue weighted by molar-refractivity contribution is 1.17. The van der Waals surface area contributed by atoms with Crippen molar-refractivity contribution in [2.75, 3.05) is 0 Å². The zero-order valence-electron chi connectivity index (χ0n) is 22.5. The fourth-order valence-corrected chi connectivity index (χ4v) is 7.44. The van der Waals surface area contributed by atoms with Gasteiger partial charge in [-0.2, -0.15) is 0 Å². The van der Waals surface area contributed by atoms with Crippen LogP contribution in [0.3, 0.4) is 0 Å². The van der Waals surface area contributed by atoms with E-state index in [2.05, 4.69) is 138 Å². The van der Waals surface area contributed by atoms with Crippen molar-refractivity contribution in [3.63, 3.8) is 0 Å². The Morgan fingerprint density at radius 2 is 1.14 bits per heavy atom. The molecule has 3 heterocycles. The van der Waals surface area contributed by atoms with Crippen LogP contribution in [-0.2, 0) is 0 Å². The maximum absolute atomic E-state index is 5.32. The smallest absolute Gasteiger partial charge is 0.160 e. The first-order valence-corrected chi connectivity index (χ1v) is 14.9. The molecule has 0 bridgehead atoms. The minimum absolute atomic E-state index is 0.728. The van der Waals surface area contributed by atoms with E-state index in [1.165, 1.54) is 42.0 Å². The predicted octanol–water partition coefficient (Wildman–Crippen LogP) is 10.4. The molecule has 0 saturated carbocycles. The third-order valence-electron chi connectivity index (χ3n) is 8.20. The number of thiophene rings is 1. The van der Waals surface area contributed by atoms with Crippen molar-refractivity contribution in [1.29, 1.82) is 0 Å². The summed E-state index contributed by atoms with van der Waals surface area (Å²) in [5.41, 5.74) is 7.49. The molecule has 0 radical (unpaired) electrons. The van der Waals surface area contributed by atoms with Gasteiger partial charge in [-0.3, -0.25) is 0 Å². The van der Waals surface area contributed by atoms with Crippen molar-refractivity contribution in [2.45, 2.75) is 0 Å². The Morgan fingerprint density at radius 1 is 0.476 bits per heavy atom. The lowest BCUT2D eigenvalue weighted by Gasteiger charge is -2.12. The molecule has 0 aliphatic carbocycles. The quantitative estimate of drug-likeness (QED) is 0.218. The van der Waals surface area contributed by atoms with Crippen LogP contribution < -0.4 is 0 Å². The van der Waals surface area contributed by atoms with Crippen molar-refractivity contribution in [1.82, 2.24) is 14.5 Å². The molecular weight excluding hydrogens is 531 g/mol. The van der Waals surface area contributed by atoms with Crippen molar-refractivity contribution in [3.05, 3.63) is 140 Å².